The van der Waals surface area contributed by atoms with Crippen LogP contribution >= 0.6 is 0 Å². The molecule has 6 heteroatoms. The van der Waals surface area contributed by atoms with Crippen molar-refractivity contribution in [3.8, 4) is 17.2 Å². The van der Waals surface area contributed by atoms with Crippen molar-refractivity contribution < 1.29 is 19.0 Å². The van der Waals surface area contributed by atoms with Gasteiger partial charge >= 0.3 is 0 Å². The average molecular weight is 362 g/mol. The van der Waals surface area contributed by atoms with Crippen molar-refractivity contribution in [2.75, 3.05) is 13.7 Å². The number of nitrogens with one attached hydrogen (secondary N) is 1. The van der Waals surface area contributed by atoms with E-state index in [1.165, 1.54) is 0 Å². The van der Waals surface area contributed by atoms with Crippen LogP contribution in [0.1, 0.15) is 5.56 Å². The van der Waals surface area contributed by atoms with Crippen LogP contribution in [-0.4, -0.2) is 31.9 Å². The van der Waals surface area contributed by atoms with E-state index < -0.39 is 6.10 Å². The SMILES string of the molecule is COc1ccc2ccccc2c1/C=N\NC(=O)[C@H]1COc2ccccc2O1. The zero-order valence-electron chi connectivity index (χ0n) is 14.7. The maximum atomic E-state index is 12.4. The van der Waals surface area contributed by atoms with Crippen molar-refractivity contribution in [3.63, 3.8) is 0 Å². The lowest BCUT2D eigenvalue weighted by molar-refractivity contribution is -0.130. The van der Waals surface area contributed by atoms with Crippen LogP contribution in [0.2, 0.25) is 0 Å². The number of ether oxygens (including phenoxy) is 3. The first-order valence-corrected chi connectivity index (χ1v) is 8.53. The number of hydrazone groups is 1. The molecule has 4 rings (SSSR count). The number of methoxy groups -OCH3 is 1. The molecule has 1 amide bonds. The van der Waals surface area contributed by atoms with Crippen molar-refractivity contribution in [2.45, 2.75) is 6.10 Å². The number of nitrogens with zero attached hydrogens (tertiary/aromatic N) is 1. The quantitative estimate of drug-likeness (QED) is 0.572. The van der Waals surface area contributed by atoms with E-state index in [-0.39, 0.29) is 12.5 Å². The summed E-state index contributed by atoms with van der Waals surface area (Å²) >= 11 is 0. The molecule has 0 fully saturated rings. The number of hydrogen-bond acceptors (Lipinski definition) is 5. The molecule has 1 N–H and O–H groups in total. The van der Waals surface area contributed by atoms with Crippen LogP contribution in [0.4, 0.5) is 0 Å². The van der Waals surface area contributed by atoms with Gasteiger partial charge in [-0.3, -0.25) is 4.79 Å². The van der Waals surface area contributed by atoms with Crippen molar-refractivity contribution in [1.29, 1.82) is 0 Å². The third-order valence-electron chi connectivity index (χ3n) is 4.32. The lowest BCUT2D eigenvalue weighted by Gasteiger charge is -2.24. The smallest absolute Gasteiger partial charge is 0.284 e. The van der Waals surface area contributed by atoms with Crippen molar-refractivity contribution in [3.05, 3.63) is 66.2 Å². The molecule has 0 saturated carbocycles. The highest BCUT2D eigenvalue weighted by molar-refractivity contribution is 6.02. The summed E-state index contributed by atoms with van der Waals surface area (Å²) in [5.41, 5.74) is 3.31. The Kier molecular flexibility index (Phi) is 4.61. The van der Waals surface area contributed by atoms with Crippen LogP contribution in [0, 0.1) is 0 Å². The molecule has 1 heterocycles. The van der Waals surface area contributed by atoms with Gasteiger partial charge in [0.25, 0.3) is 5.91 Å². The standard InChI is InChI=1S/C21H18N2O4/c1-25-17-11-10-14-6-2-3-7-15(14)16(17)12-22-23-21(24)20-13-26-18-8-4-5-9-19(18)27-20/h2-12,20H,13H2,1H3,(H,23,24)/b22-12-/t20-/m1/s1. The van der Waals surface area contributed by atoms with Crippen molar-refractivity contribution >= 4 is 22.9 Å². The molecule has 3 aromatic carbocycles. The Morgan fingerprint density at radius 1 is 1.11 bits per heavy atom. The number of benzene rings is 3. The molecule has 0 aliphatic carbocycles. The minimum Gasteiger partial charge on any atom is -0.496 e. The third kappa shape index (κ3) is 3.42. The molecule has 0 unspecified atom stereocenters. The minimum atomic E-state index is -0.758. The number of hydrogen-bond donors (Lipinski definition) is 1. The van der Waals surface area contributed by atoms with E-state index in [0.29, 0.717) is 17.2 Å². The number of fused-ring (bicyclic) bond motifs is 2. The van der Waals surface area contributed by atoms with E-state index in [1.807, 2.05) is 48.5 Å². The largest absolute Gasteiger partial charge is 0.496 e. The predicted molar refractivity (Wildman–Crippen MR) is 103 cm³/mol. The second kappa shape index (κ2) is 7.37. The molecular weight excluding hydrogens is 344 g/mol. The molecule has 27 heavy (non-hydrogen) atoms. The highest BCUT2D eigenvalue weighted by Gasteiger charge is 2.27. The lowest BCUT2D eigenvalue weighted by atomic mass is 10.0. The van der Waals surface area contributed by atoms with Gasteiger partial charge in [-0.2, -0.15) is 5.10 Å². The maximum Gasteiger partial charge on any atom is 0.284 e. The molecule has 1 aliphatic rings. The van der Waals surface area contributed by atoms with E-state index in [2.05, 4.69) is 10.5 Å². The molecule has 0 spiro atoms. The second-order valence-electron chi connectivity index (χ2n) is 6.00. The highest BCUT2D eigenvalue weighted by Crippen LogP contribution is 2.31. The molecule has 136 valence electrons. The van der Waals surface area contributed by atoms with Gasteiger partial charge in [0.2, 0.25) is 6.10 Å². The molecule has 3 aromatic rings. The van der Waals surface area contributed by atoms with Gasteiger partial charge in [-0.1, -0.05) is 42.5 Å². The minimum absolute atomic E-state index is 0.135. The third-order valence-corrected chi connectivity index (χ3v) is 4.32. The maximum absolute atomic E-state index is 12.4. The number of rotatable bonds is 4. The number of carbonyl (C=O) groups is 1. The Bertz CT molecular complexity index is 1020. The summed E-state index contributed by atoms with van der Waals surface area (Å²) in [6, 6.07) is 19.0. The van der Waals surface area contributed by atoms with Crippen LogP contribution in [0.25, 0.3) is 10.8 Å². The summed E-state index contributed by atoms with van der Waals surface area (Å²) in [5.74, 6) is 1.48. The van der Waals surface area contributed by atoms with E-state index in [1.54, 1.807) is 25.5 Å². The van der Waals surface area contributed by atoms with Gasteiger partial charge in [0, 0.05) is 5.56 Å². The van der Waals surface area contributed by atoms with Crippen LogP contribution in [0.5, 0.6) is 17.2 Å². The van der Waals surface area contributed by atoms with Crippen LogP contribution in [-0.2, 0) is 4.79 Å². The molecule has 0 saturated heterocycles. The zero-order chi connectivity index (χ0) is 18.6. The van der Waals surface area contributed by atoms with E-state index in [0.717, 1.165) is 16.3 Å². The Morgan fingerprint density at radius 2 is 1.89 bits per heavy atom. The van der Waals surface area contributed by atoms with Gasteiger partial charge in [-0.25, -0.2) is 5.43 Å². The van der Waals surface area contributed by atoms with Crippen molar-refractivity contribution in [1.82, 2.24) is 5.43 Å². The Morgan fingerprint density at radius 3 is 2.74 bits per heavy atom. The number of para-hydroxylation sites is 2. The van der Waals surface area contributed by atoms with Crippen LogP contribution < -0.4 is 19.6 Å². The van der Waals surface area contributed by atoms with Crippen LogP contribution in [0.3, 0.4) is 0 Å². The summed E-state index contributed by atoms with van der Waals surface area (Å²) in [6.45, 7) is 0.135. The summed E-state index contributed by atoms with van der Waals surface area (Å²) in [4.78, 5) is 12.4. The Labute approximate surface area is 156 Å². The van der Waals surface area contributed by atoms with Gasteiger partial charge in [0.1, 0.15) is 12.4 Å². The fourth-order valence-electron chi connectivity index (χ4n) is 2.97. The normalized spacial score (nSPS) is 15.7. The first-order chi connectivity index (χ1) is 13.3. The summed E-state index contributed by atoms with van der Waals surface area (Å²) < 4.78 is 16.7. The zero-order valence-corrected chi connectivity index (χ0v) is 14.7. The number of amides is 1. The van der Waals surface area contributed by atoms with E-state index in [9.17, 15) is 4.79 Å². The van der Waals surface area contributed by atoms with Gasteiger partial charge in [-0.15, -0.1) is 0 Å². The average Bonchev–Trinajstić information content (AvgIpc) is 2.73. The fourth-order valence-corrected chi connectivity index (χ4v) is 2.97. The fraction of sp³-hybridized carbons (Fsp3) is 0.143. The molecule has 6 nitrogen and oxygen atoms in total. The Balaban J connectivity index is 1.50. The second-order valence-corrected chi connectivity index (χ2v) is 6.00. The topological polar surface area (TPSA) is 69.2 Å². The van der Waals surface area contributed by atoms with Crippen molar-refractivity contribution in [2.24, 2.45) is 5.10 Å². The predicted octanol–water partition coefficient (Wildman–Crippen LogP) is 3.14. The molecular formula is C21H18N2O4. The number of carbonyl (C=O) groups excluding carboxylic acids is 1. The Hall–Kier alpha value is -3.54. The first-order valence-electron chi connectivity index (χ1n) is 8.53. The van der Waals surface area contributed by atoms with E-state index in [4.69, 9.17) is 14.2 Å². The molecule has 1 atom stereocenters. The van der Waals surface area contributed by atoms with Gasteiger partial charge in [0.15, 0.2) is 11.5 Å². The van der Waals surface area contributed by atoms with Gasteiger partial charge < -0.3 is 14.2 Å². The highest BCUT2D eigenvalue weighted by atomic mass is 16.6. The lowest BCUT2D eigenvalue weighted by Crippen LogP contribution is -2.42. The van der Waals surface area contributed by atoms with E-state index >= 15 is 0 Å². The molecule has 0 bridgehead atoms. The summed E-state index contributed by atoms with van der Waals surface area (Å²) in [7, 11) is 1.60. The first kappa shape index (κ1) is 16.9. The monoisotopic (exact) mass is 362 g/mol. The van der Waals surface area contributed by atoms with Crippen LogP contribution in [0.15, 0.2) is 65.8 Å². The molecule has 1 aliphatic heterocycles. The van der Waals surface area contributed by atoms with Gasteiger partial charge in [-0.05, 0) is 29.0 Å². The summed E-state index contributed by atoms with van der Waals surface area (Å²) in [5, 5.41) is 6.14. The molecule has 0 aromatic heterocycles. The van der Waals surface area contributed by atoms with Gasteiger partial charge in [0.05, 0.1) is 13.3 Å². The summed E-state index contributed by atoms with van der Waals surface area (Å²) in [6.07, 6.45) is 0.822. The molecule has 0 radical (unpaired) electrons.